The summed E-state index contributed by atoms with van der Waals surface area (Å²) in [5.41, 5.74) is 3.63. The molecule has 0 unspecified atom stereocenters. The monoisotopic (exact) mass is 468 g/mol. The summed E-state index contributed by atoms with van der Waals surface area (Å²) in [5, 5.41) is 7.26. The van der Waals surface area contributed by atoms with Crippen molar-refractivity contribution in [1.82, 2.24) is 14.1 Å². The lowest BCUT2D eigenvalue weighted by molar-refractivity contribution is 0.102. The van der Waals surface area contributed by atoms with Gasteiger partial charge in [-0.15, -0.1) is 0 Å². The maximum absolute atomic E-state index is 13.2. The normalized spacial score (nSPS) is 14.4. The van der Waals surface area contributed by atoms with E-state index in [1.807, 2.05) is 36.7 Å². The van der Waals surface area contributed by atoms with Crippen LogP contribution in [0.1, 0.15) is 41.5 Å². The van der Waals surface area contributed by atoms with Gasteiger partial charge >= 0.3 is 0 Å². The zero-order valence-corrected chi connectivity index (χ0v) is 19.9. The van der Waals surface area contributed by atoms with Gasteiger partial charge < -0.3 is 10.1 Å². The fourth-order valence-corrected chi connectivity index (χ4v) is 5.65. The van der Waals surface area contributed by atoms with Crippen LogP contribution in [0.4, 0.5) is 5.69 Å². The second kappa shape index (κ2) is 9.36. The van der Waals surface area contributed by atoms with Crippen LogP contribution in [0, 0.1) is 13.8 Å². The zero-order chi connectivity index (χ0) is 23.6. The van der Waals surface area contributed by atoms with Gasteiger partial charge in [0.1, 0.15) is 10.6 Å². The van der Waals surface area contributed by atoms with E-state index in [2.05, 4.69) is 10.4 Å². The van der Waals surface area contributed by atoms with Crippen LogP contribution in [0.3, 0.4) is 0 Å². The molecule has 0 radical (unpaired) electrons. The van der Waals surface area contributed by atoms with Crippen molar-refractivity contribution in [3.05, 3.63) is 65.5 Å². The molecule has 1 saturated heterocycles. The van der Waals surface area contributed by atoms with Crippen molar-refractivity contribution in [3.63, 3.8) is 0 Å². The summed E-state index contributed by atoms with van der Waals surface area (Å²) < 4.78 is 35.2. The molecule has 1 amide bonds. The molecule has 4 rings (SSSR count). The van der Waals surface area contributed by atoms with Crippen LogP contribution in [0.15, 0.2) is 53.4 Å². The Morgan fingerprint density at radius 2 is 1.76 bits per heavy atom. The Bertz CT molecular complexity index is 1260. The molecule has 1 aromatic heterocycles. The van der Waals surface area contributed by atoms with Crippen molar-refractivity contribution < 1.29 is 17.9 Å². The van der Waals surface area contributed by atoms with E-state index in [1.165, 1.54) is 10.4 Å². The SMILES string of the molecule is CCOc1ccc(NC(=O)c2ccc(-n3nc(C)cc3C)cc2)cc1S(=O)(=O)N1CCCC1. The van der Waals surface area contributed by atoms with Crippen LogP contribution in [0.25, 0.3) is 5.69 Å². The van der Waals surface area contributed by atoms with E-state index in [9.17, 15) is 13.2 Å². The number of aryl methyl sites for hydroxylation is 2. The predicted molar refractivity (Wildman–Crippen MR) is 127 cm³/mol. The number of sulfonamides is 1. The fraction of sp³-hybridized carbons (Fsp3) is 0.333. The zero-order valence-electron chi connectivity index (χ0n) is 19.0. The molecule has 33 heavy (non-hydrogen) atoms. The highest BCUT2D eigenvalue weighted by Gasteiger charge is 2.30. The molecule has 1 N–H and O–H groups in total. The maximum atomic E-state index is 13.2. The number of amides is 1. The van der Waals surface area contributed by atoms with Gasteiger partial charge in [-0.3, -0.25) is 4.79 Å². The number of benzene rings is 2. The number of nitrogens with zero attached hydrogens (tertiary/aromatic N) is 3. The highest BCUT2D eigenvalue weighted by molar-refractivity contribution is 7.89. The van der Waals surface area contributed by atoms with E-state index < -0.39 is 10.0 Å². The van der Waals surface area contributed by atoms with Gasteiger partial charge in [-0.1, -0.05) is 0 Å². The Kier molecular flexibility index (Phi) is 6.53. The Morgan fingerprint density at radius 1 is 1.06 bits per heavy atom. The van der Waals surface area contributed by atoms with Crippen molar-refractivity contribution in [2.45, 2.75) is 38.5 Å². The lowest BCUT2D eigenvalue weighted by Crippen LogP contribution is -2.28. The van der Waals surface area contributed by atoms with Crippen molar-refractivity contribution >= 4 is 21.6 Å². The fourth-order valence-electron chi connectivity index (χ4n) is 3.98. The number of carbonyl (C=O) groups excluding carboxylic acids is 1. The first-order chi connectivity index (χ1) is 15.8. The smallest absolute Gasteiger partial charge is 0.255 e. The van der Waals surface area contributed by atoms with Crippen LogP contribution in [0.5, 0.6) is 5.75 Å². The first kappa shape index (κ1) is 23.0. The third-order valence-corrected chi connectivity index (χ3v) is 7.49. The largest absolute Gasteiger partial charge is 0.492 e. The summed E-state index contributed by atoms with van der Waals surface area (Å²) in [7, 11) is -3.71. The molecule has 8 nitrogen and oxygen atoms in total. The number of nitrogens with one attached hydrogen (secondary N) is 1. The van der Waals surface area contributed by atoms with Gasteiger partial charge in [0.15, 0.2) is 0 Å². The van der Waals surface area contributed by atoms with Crippen LogP contribution < -0.4 is 10.1 Å². The number of rotatable bonds is 7. The molecule has 1 aliphatic heterocycles. The van der Waals surface area contributed by atoms with Gasteiger partial charge in [0, 0.05) is 30.0 Å². The van der Waals surface area contributed by atoms with Crippen molar-refractivity contribution in [2.24, 2.45) is 0 Å². The molecular weight excluding hydrogens is 440 g/mol. The molecule has 9 heteroatoms. The molecule has 0 atom stereocenters. The van der Waals surface area contributed by atoms with Gasteiger partial charge in [-0.25, -0.2) is 13.1 Å². The molecule has 0 saturated carbocycles. The van der Waals surface area contributed by atoms with Crippen molar-refractivity contribution in [1.29, 1.82) is 0 Å². The predicted octanol–water partition coefficient (Wildman–Crippen LogP) is 3.92. The molecule has 174 valence electrons. The number of hydrogen-bond acceptors (Lipinski definition) is 5. The van der Waals surface area contributed by atoms with Gasteiger partial charge in [0.2, 0.25) is 10.0 Å². The van der Waals surface area contributed by atoms with Gasteiger partial charge in [-0.2, -0.15) is 9.40 Å². The highest BCUT2D eigenvalue weighted by Crippen LogP contribution is 2.32. The van der Waals surface area contributed by atoms with Crippen LogP contribution in [0.2, 0.25) is 0 Å². The van der Waals surface area contributed by atoms with Crippen LogP contribution in [-0.4, -0.2) is 48.1 Å². The number of ether oxygens (including phenoxy) is 1. The number of anilines is 1. The highest BCUT2D eigenvalue weighted by atomic mass is 32.2. The standard InChI is InChI=1S/C24H28N4O4S/c1-4-32-22-12-9-20(16-23(22)33(30,31)27-13-5-6-14-27)25-24(29)19-7-10-21(11-8-19)28-18(3)15-17(2)26-28/h7-12,15-16H,4-6,13-14H2,1-3H3,(H,25,29). The molecule has 2 heterocycles. The van der Waals surface area contributed by atoms with Crippen molar-refractivity contribution in [3.8, 4) is 11.4 Å². The van der Waals surface area contributed by atoms with E-state index in [4.69, 9.17) is 4.74 Å². The number of hydrogen-bond donors (Lipinski definition) is 1. The van der Waals surface area contributed by atoms with E-state index >= 15 is 0 Å². The summed E-state index contributed by atoms with van der Waals surface area (Å²) in [6.45, 7) is 7.03. The third-order valence-electron chi connectivity index (χ3n) is 5.57. The second-order valence-corrected chi connectivity index (χ2v) is 9.95. The minimum atomic E-state index is -3.71. The molecule has 1 fully saturated rings. The lowest BCUT2D eigenvalue weighted by Gasteiger charge is -2.19. The molecule has 0 aliphatic carbocycles. The van der Waals surface area contributed by atoms with Crippen molar-refractivity contribution in [2.75, 3.05) is 25.0 Å². The Hall–Kier alpha value is -3.17. The Morgan fingerprint density at radius 3 is 2.36 bits per heavy atom. The first-order valence-electron chi connectivity index (χ1n) is 11.0. The third kappa shape index (κ3) is 4.79. The summed E-state index contributed by atoms with van der Waals surface area (Å²) in [6.07, 6.45) is 1.68. The van der Waals surface area contributed by atoms with E-state index in [1.54, 1.807) is 31.2 Å². The molecule has 2 aromatic carbocycles. The Balaban J connectivity index is 1.57. The number of carbonyl (C=O) groups is 1. The van der Waals surface area contributed by atoms with Gasteiger partial charge in [-0.05, 0) is 82.1 Å². The summed E-state index contributed by atoms with van der Waals surface area (Å²) in [6, 6.07) is 13.8. The minimum absolute atomic E-state index is 0.0731. The van der Waals surface area contributed by atoms with Gasteiger partial charge in [0.25, 0.3) is 5.91 Å². The Labute approximate surface area is 194 Å². The topological polar surface area (TPSA) is 93.5 Å². The van der Waals surface area contributed by atoms with E-state index in [-0.39, 0.29) is 16.6 Å². The maximum Gasteiger partial charge on any atom is 0.255 e. The molecular formula is C24H28N4O4S. The van der Waals surface area contributed by atoms with Crippen LogP contribution >= 0.6 is 0 Å². The van der Waals surface area contributed by atoms with Gasteiger partial charge in [0.05, 0.1) is 18.0 Å². The molecule has 1 aliphatic rings. The van der Waals surface area contributed by atoms with Crippen LogP contribution in [-0.2, 0) is 10.0 Å². The lowest BCUT2D eigenvalue weighted by atomic mass is 10.2. The average Bonchev–Trinajstić information content (AvgIpc) is 3.45. The average molecular weight is 469 g/mol. The second-order valence-electron chi connectivity index (χ2n) is 8.05. The molecule has 0 spiro atoms. The minimum Gasteiger partial charge on any atom is -0.492 e. The summed E-state index contributed by atoms with van der Waals surface area (Å²) in [4.78, 5) is 12.9. The summed E-state index contributed by atoms with van der Waals surface area (Å²) >= 11 is 0. The summed E-state index contributed by atoms with van der Waals surface area (Å²) in [5.74, 6) is -0.0414. The molecule has 0 bridgehead atoms. The first-order valence-corrected chi connectivity index (χ1v) is 12.5. The van der Waals surface area contributed by atoms with E-state index in [0.29, 0.717) is 30.9 Å². The van der Waals surface area contributed by atoms with E-state index in [0.717, 1.165) is 29.9 Å². The quantitative estimate of drug-likeness (QED) is 0.567. The molecule has 3 aromatic rings. The number of aromatic nitrogens is 2.